The molecule has 11 heteroatoms. The van der Waals surface area contributed by atoms with Gasteiger partial charge in [0.05, 0.1) is 27.3 Å². The molecule has 0 aliphatic carbocycles. The van der Waals surface area contributed by atoms with Gasteiger partial charge in [0.25, 0.3) is 5.56 Å². The minimum absolute atomic E-state index is 0.0247. The van der Waals surface area contributed by atoms with Gasteiger partial charge in [-0.3, -0.25) is 14.2 Å². The minimum Gasteiger partial charge on any atom is -0.478 e. The summed E-state index contributed by atoms with van der Waals surface area (Å²) < 4.78 is 40.0. The second-order valence-corrected chi connectivity index (χ2v) is 8.27. The molecule has 0 aliphatic heterocycles. The van der Waals surface area contributed by atoms with Crippen LogP contribution in [-0.4, -0.2) is 31.8 Å². The van der Waals surface area contributed by atoms with Gasteiger partial charge in [-0.1, -0.05) is 23.9 Å². The third-order valence-corrected chi connectivity index (χ3v) is 5.68. The summed E-state index contributed by atoms with van der Waals surface area (Å²) >= 11 is 0.913. The van der Waals surface area contributed by atoms with Crippen LogP contribution in [0.4, 0.5) is 18.9 Å². The molecule has 3 aromatic rings. The van der Waals surface area contributed by atoms with Gasteiger partial charge < -0.3 is 10.4 Å². The lowest BCUT2D eigenvalue weighted by Gasteiger charge is -2.16. The molecular weight excluding hydrogens is 459 g/mol. The highest BCUT2D eigenvalue weighted by molar-refractivity contribution is 8.00. The zero-order valence-corrected chi connectivity index (χ0v) is 18.0. The highest BCUT2D eigenvalue weighted by Gasteiger charge is 2.30. The molecule has 0 unspecified atom stereocenters. The molecule has 33 heavy (non-hydrogen) atoms. The molecule has 0 aliphatic rings. The number of thioether (sulfide) groups is 1. The molecule has 1 aromatic heterocycles. The average Bonchev–Trinajstić information content (AvgIpc) is 2.75. The van der Waals surface area contributed by atoms with Gasteiger partial charge in [0.15, 0.2) is 5.16 Å². The van der Waals surface area contributed by atoms with E-state index in [2.05, 4.69) is 16.9 Å². The summed E-state index contributed by atoms with van der Waals surface area (Å²) in [4.78, 5) is 41.1. The van der Waals surface area contributed by atoms with E-state index < -0.39 is 34.4 Å². The number of carbonyl (C=O) groups excluding carboxylic acids is 1. The maximum absolute atomic E-state index is 12.9. The van der Waals surface area contributed by atoms with Crippen LogP contribution in [0.1, 0.15) is 22.8 Å². The number of fused-ring (bicyclic) bond motifs is 1. The number of benzene rings is 2. The van der Waals surface area contributed by atoms with Gasteiger partial charge in [0.1, 0.15) is 0 Å². The maximum Gasteiger partial charge on any atom is 0.416 e. The first-order valence-electron chi connectivity index (χ1n) is 9.55. The molecule has 172 valence electrons. The van der Waals surface area contributed by atoms with E-state index in [0.29, 0.717) is 0 Å². The van der Waals surface area contributed by atoms with Gasteiger partial charge in [-0.05, 0) is 43.3 Å². The number of hydrogen-bond acceptors (Lipinski definition) is 5. The molecule has 0 radical (unpaired) electrons. The van der Waals surface area contributed by atoms with Crippen molar-refractivity contribution in [2.75, 3.05) is 5.32 Å². The number of anilines is 1. The number of aromatic nitrogens is 2. The smallest absolute Gasteiger partial charge is 0.416 e. The number of halogens is 3. The molecule has 3 rings (SSSR count). The molecule has 0 fully saturated rings. The number of nitrogens with zero attached hydrogens (tertiary/aromatic N) is 2. The van der Waals surface area contributed by atoms with Crippen LogP contribution in [-0.2, 0) is 17.5 Å². The molecule has 2 N–H and O–H groups in total. The van der Waals surface area contributed by atoms with E-state index in [0.717, 1.165) is 23.9 Å². The first-order valence-corrected chi connectivity index (χ1v) is 10.4. The third kappa shape index (κ3) is 5.43. The van der Waals surface area contributed by atoms with Crippen LogP contribution in [0, 0.1) is 0 Å². The van der Waals surface area contributed by atoms with Crippen LogP contribution >= 0.6 is 11.8 Å². The second-order valence-electron chi connectivity index (χ2n) is 6.96. The van der Waals surface area contributed by atoms with Crippen LogP contribution < -0.4 is 10.9 Å². The van der Waals surface area contributed by atoms with Crippen molar-refractivity contribution in [2.24, 2.45) is 0 Å². The Balaban J connectivity index is 1.91. The Morgan fingerprint density at radius 1 is 1.27 bits per heavy atom. The van der Waals surface area contributed by atoms with Crippen molar-refractivity contribution < 1.29 is 27.9 Å². The van der Waals surface area contributed by atoms with Gasteiger partial charge in [0.2, 0.25) is 5.91 Å². The van der Waals surface area contributed by atoms with Crippen LogP contribution in [0.5, 0.6) is 0 Å². The number of hydrogen-bond donors (Lipinski definition) is 2. The zero-order valence-electron chi connectivity index (χ0n) is 17.2. The van der Waals surface area contributed by atoms with Gasteiger partial charge in [-0.2, -0.15) is 13.2 Å². The van der Waals surface area contributed by atoms with E-state index >= 15 is 0 Å². The zero-order chi connectivity index (χ0) is 24.3. The Labute approximate surface area is 189 Å². The molecule has 2 aromatic carbocycles. The Hall–Kier alpha value is -3.60. The number of nitrogens with one attached hydrogen (secondary N) is 1. The van der Waals surface area contributed by atoms with Crippen molar-refractivity contribution in [3.05, 3.63) is 76.6 Å². The van der Waals surface area contributed by atoms with E-state index in [1.807, 2.05) is 0 Å². The average molecular weight is 477 g/mol. The lowest BCUT2D eigenvalue weighted by Crippen LogP contribution is -2.27. The van der Waals surface area contributed by atoms with Crippen LogP contribution in [0.3, 0.4) is 0 Å². The van der Waals surface area contributed by atoms with Crippen LogP contribution in [0.15, 0.2) is 65.1 Å². The summed E-state index contributed by atoms with van der Waals surface area (Å²) in [5.74, 6) is -1.78. The first kappa shape index (κ1) is 24.1. The number of rotatable bonds is 7. The minimum atomic E-state index is -4.55. The number of allylic oxidation sites excluding steroid dienone is 1. The summed E-state index contributed by atoms with van der Waals surface area (Å²) in [5, 5.41) is 11.1. The van der Waals surface area contributed by atoms with Crippen LogP contribution in [0.25, 0.3) is 10.9 Å². The molecular formula is C22H18F3N3O4S. The Bertz CT molecular complexity index is 1300. The fourth-order valence-corrected chi connectivity index (χ4v) is 3.86. The predicted octanol–water partition coefficient (Wildman–Crippen LogP) is 4.42. The number of alkyl halides is 3. The second kappa shape index (κ2) is 9.49. The summed E-state index contributed by atoms with van der Waals surface area (Å²) in [5.41, 5.74) is -1.27. The topological polar surface area (TPSA) is 101 Å². The van der Waals surface area contributed by atoms with Gasteiger partial charge >= 0.3 is 12.1 Å². The fraction of sp³-hybridized carbons (Fsp3) is 0.182. The molecule has 1 amide bonds. The predicted molar refractivity (Wildman–Crippen MR) is 119 cm³/mol. The molecule has 1 heterocycles. The van der Waals surface area contributed by atoms with Gasteiger partial charge in [-0.25, -0.2) is 9.78 Å². The summed E-state index contributed by atoms with van der Waals surface area (Å²) in [6.07, 6.45) is -3.08. The molecule has 0 saturated heterocycles. The number of carbonyl (C=O) groups is 2. The fourth-order valence-electron chi connectivity index (χ4n) is 2.94. The summed E-state index contributed by atoms with van der Waals surface area (Å²) in [6.45, 7) is 5.21. The highest BCUT2D eigenvalue weighted by Crippen LogP contribution is 2.31. The van der Waals surface area contributed by atoms with Crippen molar-refractivity contribution >= 4 is 40.2 Å². The van der Waals surface area contributed by atoms with Gasteiger partial charge in [-0.15, -0.1) is 6.58 Å². The number of carboxylic acid groups (broad SMARTS) is 1. The first-order chi connectivity index (χ1) is 15.5. The molecule has 1 atom stereocenters. The monoisotopic (exact) mass is 477 g/mol. The van der Waals surface area contributed by atoms with Crippen molar-refractivity contribution in [3.8, 4) is 0 Å². The van der Waals surface area contributed by atoms with Crippen molar-refractivity contribution in [1.82, 2.24) is 9.55 Å². The maximum atomic E-state index is 12.9. The standard InChI is InChI=1S/C22H18F3N3O4S/c1-3-9-28-19(30)16-8-7-13(20(31)32)10-17(16)27-21(28)33-12(2)18(29)26-15-6-4-5-14(11-15)22(23,24)25/h3-8,10-12H,1,9H2,2H3,(H,26,29)(H,31,32)/t12-/m0/s1. The molecule has 7 nitrogen and oxygen atoms in total. The summed E-state index contributed by atoms with van der Waals surface area (Å²) in [7, 11) is 0. The van der Waals surface area contributed by atoms with E-state index in [9.17, 15) is 32.7 Å². The Morgan fingerprint density at radius 3 is 2.64 bits per heavy atom. The van der Waals surface area contributed by atoms with E-state index in [-0.39, 0.29) is 33.9 Å². The van der Waals surface area contributed by atoms with Crippen molar-refractivity contribution in [3.63, 3.8) is 0 Å². The normalized spacial score (nSPS) is 12.4. The number of carboxylic acids is 1. The molecule has 0 spiro atoms. The largest absolute Gasteiger partial charge is 0.478 e. The van der Waals surface area contributed by atoms with Gasteiger partial charge in [0, 0.05) is 12.2 Å². The lowest BCUT2D eigenvalue weighted by atomic mass is 10.1. The third-order valence-electron chi connectivity index (χ3n) is 4.59. The molecule has 0 saturated carbocycles. The Kier molecular flexibility index (Phi) is 6.92. The number of amides is 1. The number of aromatic carboxylic acids is 1. The SMILES string of the molecule is C=CCn1c(S[C@@H](C)C(=O)Nc2cccc(C(F)(F)F)c2)nc2cc(C(=O)O)ccc2c1=O. The van der Waals surface area contributed by atoms with Crippen molar-refractivity contribution in [2.45, 2.75) is 30.1 Å². The van der Waals surface area contributed by atoms with Crippen LogP contribution in [0.2, 0.25) is 0 Å². The summed E-state index contributed by atoms with van der Waals surface area (Å²) in [6, 6.07) is 8.16. The lowest BCUT2D eigenvalue weighted by molar-refractivity contribution is -0.137. The van der Waals surface area contributed by atoms with E-state index in [1.165, 1.54) is 47.9 Å². The van der Waals surface area contributed by atoms with E-state index in [4.69, 9.17) is 0 Å². The Morgan fingerprint density at radius 2 is 2.00 bits per heavy atom. The van der Waals surface area contributed by atoms with E-state index in [1.54, 1.807) is 0 Å². The van der Waals surface area contributed by atoms with Crippen molar-refractivity contribution in [1.29, 1.82) is 0 Å². The quantitative estimate of drug-likeness (QED) is 0.297. The molecule has 0 bridgehead atoms. The highest BCUT2D eigenvalue weighted by atomic mass is 32.2.